The summed E-state index contributed by atoms with van der Waals surface area (Å²) in [6.07, 6.45) is 2.72. The quantitative estimate of drug-likeness (QED) is 0.0759. The van der Waals surface area contributed by atoms with Gasteiger partial charge in [-0.1, -0.05) is 69.7 Å². The van der Waals surface area contributed by atoms with E-state index in [0.717, 1.165) is 42.3 Å². The number of rotatable bonds is 11. The summed E-state index contributed by atoms with van der Waals surface area (Å²) >= 11 is 0. The molecule has 0 spiro atoms. The monoisotopic (exact) mass is 752 g/mol. The van der Waals surface area contributed by atoms with E-state index in [0.29, 0.717) is 74.1 Å². The zero-order valence-electron chi connectivity index (χ0n) is 31.0. The van der Waals surface area contributed by atoms with E-state index in [2.05, 4.69) is 38.2 Å². The summed E-state index contributed by atoms with van der Waals surface area (Å²) in [6.45, 7) is 12.0. The van der Waals surface area contributed by atoms with Gasteiger partial charge in [-0.2, -0.15) is 16.8 Å². The second-order valence-corrected chi connectivity index (χ2v) is 16.1. The summed E-state index contributed by atoms with van der Waals surface area (Å²) in [6, 6.07) is 23.6. The van der Waals surface area contributed by atoms with Gasteiger partial charge in [0.25, 0.3) is 20.2 Å². The van der Waals surface area contributed by atoms with Crippen molar-refractivity contribution in [3.63, 3.8) is 0 Å². The Bertz CT molecular complexity index is 2620. The minimum Gasteiger partial charge on any atom is -0.456 e. The Hall–Kier alpha value is -4.81. The first-order valence-corrected chi connectivity index (χ1v) is 20.6. The molecule has 1 heterocycles. The molecule has 1 aliphatic carbocycles. The second kappa shape index (κ2) is 14.9. The molecule has 4 aromatic carbocycles. The zero-order valence-corrected chi connectivity index (χ0v) is 32.6. The summed E-state index contributed by atoms with van der Waals surface area (Å²) in [5, 5.41) is 4.76. The lowest BCUT2D eigenvalue weighted by Gasteiger charge is -2.21. The molecule has 53 heavy (non-hydrogen) atoms. The third-order valence-corrected chi connectivity index (χ3v) is 12.1. The highest BCUT2D eigenvalue weighted by atomic mass is 32.2. The maximum atomic E-state index is 13.1. The van der Waals surface area contributed by atoms with Crippen LogP contribution in [-0.4, -0.2) is 28.5 Å². The SMILES string of the molecule is CCc1cc(C)cc(CC)c1N=c1ccc2c(-c3ccccc3S(=O)(=O)O)c3ccc(Nc4c(CC)cc(C)c(S(=O)(=O)OC)c4CC)cc3oc-2c1. The zero-order chi connectivity index (χ0) is 38.2. The molecule has 0 saturated carbocycles. The number of benzene rings is 5. The van der Waals surface area contributed by atoms with E-state index in [-0.39, 0.29) is 9.79 Å². The van der Waals surface area contributed by atoms with Crippen LogP contribution >= 0.6 is 0 Å². The minimum absolute atomic E-state index is 0.144. The molecule has 2 N–H and O–H groups in total. The average molecular weight is 753 g/mol. The van der Waals surface area contributed by atoms with E-state index < -0.39 is 20.2 Å². The number of fused-ring (bicyclic) bond motifs is 2. The van der Waals surface area contributed by atoms with Crippen molar-refractivity contribution in [1.82, 2.24) is 0 Å². The van der Waals surface area contributed by atoms with Crippen molar-refractivity contribution in [3.05, 3.63) is 118 Å². The standard InChI is InChI=1S/C42H44N2O7S2/c1-8-27-20-25(5)21-28(9-2)40(27)43-30-16-18-33-36(23-30)51-37-24-31(17-19-34(37)39(33)35-14-12-13-15-38(35)52(45,46)47)44-41-29(10-3)22-26(6)42(32(41)11-4)53(48,49)50-7/h12-24,44H,8-11H2,1-7H3,(H,45,46,47). The molecule has 0 fully saturated rings. The lowest BCUT2D eigenvalue weighted by atomic mass is 9.93. The molecule has 4 aromatic rings. The normalized spacial score (nSPS) is 12.6. The van der Waals surface area contributed by atoms with Gasteiger partial charge < -0.3 is 9.73 Å². The van der Waals surface area contributed by atoms with Crippen molar-refractivity contribution >= 4 is 48.3 Å². The van der Waals surface area contributed by atoms with Crippen molar-refractivity contribution in [2.24, 2.45) is 4.99 Å². The van der Waals surface area contributed by atoms with Crippen LogP contribution in [0.3, 0.4) is 0 Å². The van der Waals surface area contributed by atoms with Gasteiger partial charge in [-0.25, -0.2) is 4.99 Å². The van der Waals surface area contributed by atoms with E-state index in [1.807, 2.05) is 56.3 Å². The summed E-state index contributed by atoms with van der Waals surface area (Å²) in [5.74, 6) is 0.464. The Balaban J connectivity index is 1.64. The lowest BCUT2D eigenvalue weighted by Crippen LogP contribution is -2.12. The fourth-order valence-electron chi connectivity index (χ4n) is 7.25. The Labute approximate surface area is 311 Å². The van der Waals surface area contributed by atoms with Gasteiger partial charge in [-0.05, 0) is 97.7 Å². The summed E-state index contributed by atoms with van der Waals surface area (Å²) in [5.41, 5.74) is 9.82. The predicted octanol–water partition coefficient (Wildman–Crippen LogP) is 9.63. The van der Waals surface area contributed by atoms with E-state index in [9.17, 15) is 21.4 Å². The molecule has 9 nitrogen and oxygen atoms in total. The smallest absolute Gasteiger partial charge is 0.297 e. The van der Waals surface area contributed by atoms with Crippen molar-refractivity contribution in [3.8, 4) is 22.5 Å². The van der Waals surface area contributed by atoms with Crippen LogP contribution in [0, 0.1) is 13.8 Å². The van der Waals surface area contributed by atoms with Crippen LogP contribution in [0.25, 0.3) is 33.4 Å². The molecule has 6 rings (SSSR count). The highest BCUT2D eigenvalue weighted by molar-refractivity contribution is 7.87. The van der Waals surface area contributed by atoms with Crippen LogP contribution in [0.5, 0.6) is 0 Å². The van der Waals surface area contributed by atoms with Crippen molar-refractivity contribution in [1.29, 1.82) is 0 Å². The Kier molecular flexibility index (Phi) is 10.7. The van der Waals surface area contributed by atoms with E-state index in [1.165, 1.54) is 11.6 Å². The third kappa shape index (κ3) is 7.26. The molecular weight excluding hydrogens is 709 g/mol. The second-order valence-electron chi connectivity index (χ2n) is 13.1. The first-order valence-electron chi connectivity index (χ1n) is 17.7. The van der Waals surface area contributed by atoms with Crippen LogP contribution in [-0.2, 0) is 50.1 Å². The molecule has 0 atom stereocenters. The lowest BCUT2D eigenvalue weighted by molar-refractivity contribution is 0.396. The maximum Gasteiger partial charge on any atom is 0.297 e. The summed E-state index contributed by atoms with van der Waals surface area (Å²) in [7, 11) is -7.43. The predicted molar refractivity (Wildman–Crippen MR) is 211 cm³/mol. The maximum absolute atomic E-state index is 13.1. The molecular formula is C42H44N2O7S2. The fourth-order valence-corrected chi connectivity index (χ4v) is 9.12. The topological polar surface area (TPSA) is 135 Å². The van der Waals surface area contributed by atoms with Crippen molar-refractivity contribution < 1.29 is 30.0 Å². The number of anilines is 2. The number of aryl methyl sites for hydroxylation is 5. The van der Waals surface area contributed by atoms with Gasteiger partial charge in [0, 0.05) is 45.6 Å². The van der Waals surface area contributed by atoms with Crippen LogP contribution in [0.15, 0.2) is 98.1 Å². The van der Waals surface area contributed by atoms with Gasteiger partial charge in [0.05, 0.1) is 18.2 Å². The number of hydrogen-bond acceptors (Lipinski definition) is 8. The van der Waals surface area contributed by atoms with Gasteiger partial charge in [0.15, 0.2) is 0 Å². The molecule has 276 valence electrons. The summed E-state index contributed by atoms with van der Waals surface area (Å²) < 4.78 is 73.4. The Morgan fingerprint density at radius 3 is 2.08 bits per heavy atom. The molecule has 1 aliphatic heterocycles. The van der Waals surface area contributed by atoms with Crippen LogP contribution in [0.1, 0.15) is 61.1 Å². The third-order valence-electron chi connectivity index (χ3n) is 9.67. The van der Waals surface area contributed by atoms with Crippen LogP contribution in [0.4, 0.5) is 17.1 Å². The van der Waals surface area contributed by atoms with Crippen LogP contribution in [0.2, 0.25) is 0 Å². The van der Waals surface area contributed by atoms with Gasteiger partial charge in [0.1, 0.15) is 21.1 Å². The molecule has 0 amide bonds. The number of nitrogens with zero attached hydrogens (tertiary/aromatic N) is 1. The number of nitrogens with one attached hydrogen (secondary N) is 1. The largest absolute Gasteiger partial charge is 0.456 e. The first-order chi connectivity index (χ1) is 25.2. The van der Waals surface area contributed by atoms with Gasteiger partial charge >= 0.3 is 0 Å². The van der Waals surface area contributed by atoms with Crippen molar-refractivity contribution in [2.45, 2.75) is 77.0 Å². The molecule has 0 radical (unpaired) electrons. The van der Waals surface area contributed by atoms with Gasteiger partial charge in [-0.3, -0.25) is 8.74 Å². The van der Waals surface area contributed by atoms with Gasteiger partial charge in [-0.15, -0.1) is 0 Å². The molecule has 11 heteroatoms. The molecule has 2 aliphatic rings. The molecule has 0 bridgehead atoms. The van der Waals surface area contributed by atoms with Crippen LogP contribution < -0.4 is 10.7 Å². The number of hydrogen-bond donors (Lipinski definition) is 2. The highest BCUT2D eigenvalue weighted by Crippen LogP contribution is 2.43. The van der Waals surface area contributed by atoms with Gasteiger partial charge in [0.2, 0.25) is 0 Å². The summed E-state index contributed by atoms with van der Waals surface area (Å²) in [4.78, 5) is 5.02. The molecule has 0 saturated heterocycles. The fraction of sp³-hybridized carbons (Fsp3) is 0.262. The van der Waals surface area contributed by atoms with Crippen molar-refractivity contribution in [2.75, 3.05) is 12.4 Å². The Morgan fingerprint density at radius 1 is 0.774 bits per heavy atom. The Morgan fingerprint density at radius 2 is 1.45 bits per heavy atom. The average Bonchev–Trinajstić information content (AvgIpc) is 3.13. The van der Waals surface area contributed by atoms with E-state index >= 15 is 0 Å². The highest BCUT2D eigenvalue weighted by Gasteiger charge is 2.26. The molecule has 0 aromatic heterocycles. The molecule has 0 unspecified atom stereocenters. The first kappa shape index (κ1) is 37.9. The van der Waals surface area contributed by atoms with E-state index in [4.69, 9.17) is 13.6 Å². The van der Waals surface area contributed by atoms with E-state index in [1.54, 1.807) is 25.1 Å². The minimum atomic E-state index is -4.59.